The number of amides is 1. The summed E-state index contributed by atoms with van der Waals surface area (Å²) in [5, 5.41) is 0. The van der Waals surface area contributed by atoms with Gasteiger partial charge in [-0.05, 0) is 32.2 Å². The third-order valence-corrected chi connectivity index (χ3v) is 3.57. The van der Waals surface area contributed by atoms with Crippen molar-refractivity contribution < 1.29 is 4.79 Å². The Morgan fingerprint density at radius 2 is 2.00 bits per heavy atom. The fourth-order valence-electron chi connectivity index (χ4n) is 2.66. The van der Waals surface area contributed by atoms with Crippen LogP contribution in [0.4, 0.5) is 0 Å². The monoisotopic (exact) mass is 226 g/mol. The van der Waals surface area contributed by atoms with Gasteiger partial charge in [0.1, 0.15) is 0 Å². The van der Waals surface area contributed by atoms with Gasteiger partial charge in [0.05, 0.1) is 0 Å². The minimum absolute atomic E-state index is 0.264. The van der Waals surface area contributed by atoms with Crippen LogP contribution in [0.3, 0.4) is 0 Å². The molecule has 1 rings (SSSR count). The molecule has 1 aliphatic rings. The molecule has 0 heterocycles. The molecule has 3 heteroatoms. The van der Waals surface area contributed by atoms with E-state index < -0.39 is 0 Å². The summed E-state index contributed by atoms with van der Waals surface area (Å²) < 4.78 is 0. The maximum Gasteiger partial charge on any atom is 0.228 e. The topological polar surface area (TPSA) is 46.3 Å². The maximum absolute atomic E-state index is 12.3. The minimum atomic E-state index is -0.280. The van der Waals surface area contributed by atoms with Gasteiger partial charge in [0.25, 0.3) is 0 Å². The van der Waals surface area contributed by atoms with Gasteiger partial charge in [-0.2, -0.15) is 0 Å². The molecule has 1 saturated carbocycles. The van der Waals surface area contributed by atoms with Crippen LogP contribution in [-0.4, -0.2) is 29.9 Å². The van der Waals surface area contributed by atoms with Crippen molar-refractivity contribution in [1.29, 1.82) is 0 Å². The predicted octanol–water partition coefficient (Wildman–Crippen LogP) is 2.01. The Kier molecular flexibility index (Phi) is 4.36. The summed E-state index contributed by atoms with van der Waals surface area (Å²) in [6.45, 7) is 9.55. The van der Waals surface area contributed by atoms with E-state index in [1.165, 1.54) is 12.8 Å². The maximum atomic E-state index is 12.3. The zero-order valence-electron chi connectivity index (χ0n) is 11.1. The highest BCUT2D eigenvalue weighted by Gasteiger charge is 2.36. The van der Waals surface area contributed by atoms with E-state index >= 15 is 0 Å². The molecule has 1 aliphatic carbocycles. The van der Waals surface area contributed by atoms with Crippen LogP contribution in [0.25, 0.3) is 0 Å². The van der Waals surface area contributed by atoms with Crippen LogP contribution in [0.15, 0.2) is 0 Å². The first-order chi connectivity index (χ1) is 7.41. The van der Waals surface area contributed by atoms with Crippen molar-refractivity contribution in [2.75, 3.05) is 13.1 Å². The van der Waals surface area contributed by atoms with E-state index in [4.69, 9.17) is 5.73 Å². The summed E-state index contributed by atoms with van der Waals surface area (Å²) in [6, 6.07) is 0.377. The molecular formula is C13H26N2O. The lowest BCUT2D eigenvalue weighted by atomic mass is 9.92. The molecular weight excluding hydrogens is 200 g/mol. The highest BCUT2D eigenvalue weighted by atomic mass is 16.2. The van der Waals surface area contributed by atoms with Crippen molar-refractivity contribution in [3.63, 3.8) is 0 Å². The smallest absolute Gasteiger partial charge is 0.228 e. The molecule has 0 aromatic carbocycles. The average molecular weight is 226 g/mol. The Hall–Kier alpha value is -0.570. The summed E-state index contributed by atoms with van der Waals surface area (Å²) in [5.41, 5.74) is 5.51. The Labute approximate surface area is 99.4 Å². The van der Waals surface area contributed by atoms with Gasteiger partial charge in [0.15, 0.2) is 0 Å². The van der Waals surface area contributed by atoms with E-state index in [1.54, 1.807) is 0 Å². The summed E-state index contributed by atoms with van der Waals surface area (Å²) in [4.78, 5) is 14.4. The molecule has 1 amide bonds. The Morgan fingerprint density at radius 1 is 1.38 bits per heavy atom. The van der Waals surface area contributed by atoms with Gasteiger partial charge in [-0.3, -0.25) is 4.79 Å². The van der Waals surface area contributed by atoms with Crippen LogP contribution < -0.4 is 5.73 Å². The quantitative estimate of drug-likeness (QED) is 0.800. The second kappa shape index (κ2) is 5.17. The molecule has 16 heavy (non-hydrogen) atoms. The molecule has 2 N–H and O–H groups in total. The number of rotatable bonds is 3. The third kappa shape index (κ3) is 2.76. The van der Waals surface area contributed by atoms with Gasteiger partial charge in [-0.15, -0.1) is 0 Å². The lowest BCUT2D eigenvalue weighted by molar-refractivity contribution is -0.142. The molecule has 0 aliphatic heterocycles. The predicted molar refractivity (Wildman–Crippen MR) is 67.0 cm³/mol. The van der Waals surface area contributed by atoms with E-state index in [0.29, 0.717) is 18.5 Å². The van der Waals surface area contributed by atoms with Gasteiger partial charge in [-0.25, -0.2) is 0 Å². The van der Waals surface area contributed by atoms with Crippen LogP contribution in [-0.2, 0) is 4.79 Å². The zero-order valence-corrected chi connectivity index (χ0v) is 11.1. The number of nitrogens with zero attached hydrogens (tertiary/aromatic N) is 1. The van der Waals surface area contributed by atoms with Gasteiger partial charge in [0.2, 0.25) is 5.91 Å². The fourth-order valence-corrected chi connectivity index (χ4v) is 2.66. The highest BCUT2D eigenvalue weighted by Crippen LogP contribution is 2.31. The van der Waals surface area contributed by atoms with Crippen molar-refractivity contribution in [3.8, 4) is 0 Å². The van der Waals surface area contributed by atoms with Crippen molar-refractivity contribution in [2.24, 2.45) is 17.1 Å². The number of carbonyl (C=O) groups excluding carboxylic acids is 1. The van der Waals surface area contributed by atoms with Crippen molar-refractivity contribution in [2.45, 2.75) is 53.0 Å². The number of nitrogens with two attached hydrogens (primary N) is 1. The van der Waals surface area contributed by atoms with Gasteiger partial charge >= 0.3 is 0 Å². The molecule has 2 atom stereocenters. The molecule has 0 spiro atoms. The normalized spacial score (nSPS) is 25.8. The number of hydrogen-bond acceptors (Lipinski definition) is 2. The van der Waals surface area contributed by atoms with E-state index in [0.717, 1.165) is 13.0 Å². The van der Waals surface area contributed by atoms with Gasteiger partial charge < -0.3 is 10.6 Å². The summed E-state index contributed by atoms with van der Waals surface area (Å²) in [7, 11) is 0. The van der Waals surface area contributed by atoms with E-state index in [1.807, 2.05) is 25.7 Å². The highest BCUT2D eigenvalue weighted by molar-refractivity contribution is 5.81. The fraction of sp³-hybridized carbons (Fsp3) is 0.923. The summed E-state index contributed by atoms with van der Waals surface area (Å²) >= 11 is 0. The SMILES string of the molecule is CCN(C(=O)C(C)(C)C)C1CCCC1CN. The van der Waals surface area contributed by atoms with Crippen LogP contribution in [0, 0.1) is 11.3 Å². The van der Waals surface area contributed by atoms with Crippen LogP contribution in [0.2, 0.25) is 0 Å². The second-order valence-electron chi connectivity index (χ2n) is 5.84. The van der Waals surface area contributed by atoms with E-state index in [2.05, 4.69) is 6.92 Å². The molecule has 0 saturated heterocycles. The van der Waals surface area contributed by atoms with Crippen molar-refractivity contribution in [3.05, 3.63) is 0 Å². The molecule has 0 bridgehead atoms. The largest absolute Gasteiger partial charge is 0.339 e. The second-order valence-corrected chi connectivity index (χ2v) is 5.84. The first-order valence-corrected chi connectivity index (χ1v) is 6.43. The average Bonchev–Trinajstić information content (AvgIpc) is 2.65. The van der Waals surface area contributed by atoms with E-state index in [-0.39, 0.29) is 11.3 Å². The number of hydrogen-bond donors (Lipinski definition) is 1. The Morgan fingerprint density at radius 3 is 2.44 bits per heavy atom. The summed E-state index contributed by atoms with van der Waals surface area (Å²) in [6.07, 6.45) is 3.51. The molecule has 0 aromatic rings. The van der Waals surface area contributed by atoms with Gasteiger partial charge in [-0.1, -0.05) is 27.2 Å². The first kappa shape index (κ1) is 13.5. The minimum Gasteiger partial charge on any atom is -0.339 e. The zero-order chi connectivity index (χ0) is 12.3. The molecule has 0 radical (unpaired) electrons. The lowest BCUT2D eigenvalue weighted by Crippen LogP contribution is -2.48. The van der Waals surface area contributed by atoms with Crippen molar-refractivity contribution in [1.82, 2.24) is 4.90 Å². The Balaban J connectivity index is 2.78. The molecule has 3 nitrogen and oxygen atoms in total. The molecule has 2 unspecified atom stereocenters. The van der Waals surface area contributed by atoms with Gasteiger partial charge in [0, 0.05) is 18.0 Å². The Bertz CT molecular complexity index is 245. The molecule has 1 fully saturated rings. The van der Waals surface area contributed by atoms with E-state index in [9.17, 15) is 4.79 Å². The van der Waals surface area contributed by atoms with Crippen LogP contribution in [0.1, 0.15) is 47.0 Å². The lowest BCUT2D eigenvalue weighted by Gasteiger charge is -2.36. The third-order valence-electron chi connectivity index (χ3n) is 3.57. The number of carbonyl (C=O) groups is 1. The standard InChI is InChI=1S/C13H26N2O/c1-5-15(12(16)13(2,3)4)11-8-6-7-10(11)9-14/h10-11H,5-9,14H2,1-4H3. The molecule has 0 aromatic heterocycles. The summed E-state index contributed by atoms with van der Waals surface area (Å²) in [5.74, 6) is 0.770. The first-order valence-electron chi connectivity index (χ1n) is 6.43. The van der Waals surface area contributed by atoms with Crippen LogP contribution >= 0.6 is 0 Å². The van der Waals surface area contributed by atoms with Crippen LogP contribution in [0.5, 0.6) is 0 Å². The molecule has 94 valence electrons. The van der Waals surface area contributed by atoms with Crippen molar-refractivity contribution >= 4 is 5.91 Å².